The summed E-state index contributed by atoms with van der Waals surface area (Å²) in [6.45, 7) is 6.39. The van der Waals surface area contributed by atoms with E-state index in [2.05, 4.69) is 77.9 Å². The average molecular weight is 753 g/mol. The number of amides is 1. The van der Waals surface area contributed by atoms with Crippen molar-refractivity contribution in [3.63, 3.8) is 0 Å². The number of aromatic nitrogens is 2. The number of nitrogens with zero attached hydrogens (tertiary/aromatic N) is 4. The Labute approximate surface area is 280 Å². The molecule has 2 aromatic carbocycles. The Balaban J connectivity index is 1.20. The Hall–Kier alpha value is -4.95. The number of furan rings is 1. The molecule has 0 unspecified atom stereocenters. The molecule has 0 bridgehead atoms. The lowest BCUT2D eigenvalue weighted by atomic mass is 10.2. The van der Waals surface area contributed by atoms with Gasteiger partial charge in [0.2, 0.25) is 5.88 Å². The second-order valence-corrected chi connectivity index (χ2v) is 11.4. The zero-order valence-electron chi connectivity index (χ0n) is 24.8. The van der Waals surface area contributed by atoms with Crippen molar-refractivity contribution < 1.29 is 28.3 Å². The smallest absolute Gasteiger partial charge is 0.307 e. The maximum absolute atomic E-state index is 12.7. The summed E-state index contributed by atoms with van der Waals surface area (Å²) >= 11 is 6.99. The molecule has 236 valence electrons. The van der Waals surface area contributed by atoms with E-state index in [1.54, 1.807) is 18.2 Å². The van der Waals surface area contributed by atoms with E-state index in [0.29, 0.717) is 44.1 Å². The van der Waals surface area contributed by atoms with Crippen LogP contribution in [0.25, 0.3) is 5.69 Å². The number of rotatable bonds is 12. The second kappa shape index (κ2) is 14.4. The van der Waals surface area contributed by atoms with Crippen LogP contribution >= 0.6 is 31.9 Å². The normalized spacial score (nSPS) is 11.1. The molecule has 0 atom stereocenters. The maximum Gasteiger partial charge on any atom is 0.307 e. The first kappa shape index (κ1) is 32.4. The molecule has 0 spiro atoms. The third-order valence-corrected chi connectivity index (χ3v) is 8.74. The minimum Gasteiger partial charge on any atom is -0.490 e. The summed E-state index contributed by atoms with van der Waals surface area (Å²) in [5.74, 6) is 1.44. The van der Waals surface area contributed by atoms with Gasteiger partial charge in [-0.25, -0.2) is 10.4 Å². The Kier molecular flexibility index (Phi) is 10.2. The highest BCUT2D eigenvalue weighted by Crippen LogP contribution is 2.44. The van der Waals surface area contributed by atoms with Crippen LogP contribution in [0.4, 0.5) is 5.69 Å². The molecule has 0 radical (unpaired) electrons. The molecular weight excluding hydrogens is 726 g/mol. The highest BCUT2D eigenvalue weighted by atomic mass is 79.9. The zero-order chi connectivity index (χ0) is 32.8. The molecule has 14 heteroatoms. The van der Waals surface area contributed by atoms with Gasteiger partial charge in [-0.05, 0) is 107 Å². The van der Waals surface area contributed by atoms with Gasteiger partial charge in [0.05, 0.1) is 22.2 Å². The molecular formula is C32H27Br2N5O7. The minimum absolute atomic E-state index is 0.0688. The van der Waals surface area contributed by atoms with E-state index < -0.39 is 10.8 Å². The number of carbonyl (C=O) groups is 1. The minimum atomic E-state index is -0.547. The number of ether oxygens (including phenoxy) is 3. The standard InChI is InChI=1S/C32H27Br2N5O7/c1-4-43-27-15-21(29(33)30(34)31(27)46-28-14-9-23(17-35-28)39(41)42)16-36-37-32(40)26-13-12-25(45-26)18-44-24-10-7-22(8-11-24)38-19(2)5-6-20(38)3/h5-17H,4,18H2,1-3H3,(H,37,40)/b36-16+. The number of hydrogen-bond acceptors (Lipinski definition) is 9. The molecule has 1 amide bonds. The van der Waals surface area contributed by atoms with Crippen molar-refractivity contribution in [3.8, 4) is 28.8 Å². The van der Waals surface area contributed by atoms with Crippen LogP contribution in [-0.2, 0) is 6.61 Å². The molecule has 0 aliphatic heterocycles. The topological polar surface area (TPSA) is 143 Å². The number of pyridine rings is 1. The van der Waals surface area contributed by atoms with Crippen LogP contribution in [0.2, 0.25) is 0 Å². The van der Waals surface area contributed by atoms with Gasteiger partial charge in [0.1, 0.15) is 24.3 Å². The maximum atomic E-state index is 12.7. The number of carbonyl (C=O) groups excluding carboxylic acids is 1. The summed E-state index contributed by atoms with van der Waals surface area (Å²) in [5, 5.41) is 15.0. The fourth-order valence-corrected chi connectivity index (χ4v) is 5.32. The number of aryl methyl sites for hydroxylation is 2. The van der Waals surface area contributed by atoms with Crippen molar-refractivity contribution >= 4 is 49.7 Å². The lowest BCUT2D eigenvalue weighted by Crippen LogP contribution is -2.16. The lowest BCUT2D eigenvalue weighted by molar-refractivity contribution is -0.385. The predicted molar refractivity (Wildman–Crippen MR) is 177 cm³/mol. The van der Waals surface area contributed by atoms with Crippen LogP contribution < -0.4 is 19.6 Å². The van der Waals surface area contributed by atoms with Crippen LogP contribution in [0.5, 0.6) is 23.1 Å². The van der Waals surface area contributed by atoms with E-state index in [1.165, 1.54) is 18.3 Å². The van der Waals surface area contributed by atoms with Crippen molar-refractivity contribution in [1.82, 2.24) is 15.0 Å². The predicted octanol–water partition coefficient (Wildman–Crippen LogP) is 8.05. The van der Waals surface area contributed by atoms with Gasteiger partial charge in [-0.15, -0.1) is 0 Å². The fourth-order valence-electron chi connectivity index (χ4n) is 4.42. The summed E-state index contributed by atoms with van der Waals surface area (Å²) < 4.78 is 26.3. The zero-order valence-corrected chi connectivity index (χ0v) is 28.0. The Morgan fingerprint density at radius 3 is 2.43 bits per heavy atom. The van der Waals surface area contributed by atoms with Crippen LogP contribution in [0.15, 0.2) is 91.4 Å². The van der Waals surface area contributed by atoms with E-state index in [0.717, 1.165) is 23.3 Å². The Bertz CT molecular complexity index is 1880. The highest BCUT2D eigenvalue weighted by Gasteiger charge is 2.19. The number of nitrogens with one attached hydrogen (secondary N) is 1. The molecule has 3 aromatic heterocycles. The third-order valence-electron chi connectivity index (χ3n) is 6.60. The van der Waals surface area contributed by atoms with Crippen molar-refractivity contribution in [2.24, 2.45) is 5.10 Å². The molecule has 5 aromatic rings. The van der Waals surface area contributed by atoms with E-state index >= 15 is 0 Å². The van der Waals surface area contributed by atoms with Crippen molar-refractivity contribution in [2.45, 2.75) is 27.4 Å². The van der Waals surface area contributed by atoms with Gasteiger partial charge in [-0.1, -0.05) is 0 Å². The summed E-state index contributed by atoms with van der Waals surface area (Å²) in [4.78, 5) is 27.1. The largest absolute Gasteiger partial charge is 0.490 e. The van der Waals surface area contributed by atoms with Gasteiger partial charge in [-0.2, -0.15) is 5.10 Å². The molecule has 46 heavy (non-hydrogen) atoms. The van der Waals surface area contributed by atoms with Gasteiger partial charge < -0.3 is 23.2 Å². The van der Waals surface area contributed by atoms with E-state index in [-0.39, 0.29) is 23.9 Å². The van der Waals surface area contributed by atoms with Gasteiger partial charge in [0.15, 0.2) is 17.3 Å². The molecule has 0 aliphatic rings. The number of halogens is 2. The molecule has 0 saturated carbocycles. The van der Waals surface area contributed by atoms with Crippen molar-refractivity contribution in [2.75, 3.05) is 6.61 Å². The van der Waals surface area contributed by atoms with Crippen molar-refractivity contribution in [1.29, 1.82) is 0 Å². The number of nitro groups is 1. The molecule has 0 fully saturated rings. The molecule has 12 nitrogen and oxygen atoms in total. The number of hydrazone groups is 1. The van der Waals surface area contributed by atoms with Crippen LogP contribution in [0.1, 0.15) is 40.2 Å². The molecule has 5 rings (SSSR count). The lowest BCUT2D eigenvalue weighted by Gasteiger charge is -2.15. The molecule has 3 heterocycles. The van der Waals surface area contributed by atoms with Crippen LogP contribution in [0.3, 0.4) is 0 Å². The van der Waals surface area contributed by atoms with E-state index in [4.69, 9.17) is 18.6 Å². The summed E-state index contributed by atoms with van der Waals surface area (Å²) in [6, 6.07) is 19.4. The fraction of sp³-hybridized carbons (Fsp3) is 0.156. The number of benzene rings is 2. The van der Waals surface area contributed by atoms with Crippen LogP contribution in [-0.4, -0.2) is 33.2 Å². The van der Waals surface area contributed by atoms with E-state index in [1.807, 2.05) is 31.2 Å². The molecule has 0 aliphatic carbocycles. The summed E-state index contributed by atoms with van der Waals surface area (Å²) in [7, 11) is 0. The number of hydrogen-bond donors (Lipinski definition) is 1. The summed E-state index contributed by atoms with van der Waals surface area (Å²) in [6.07, 6.45) is 2.53. The Morgan fingerprint density at radius 2 is 1.78 bits per heavy atom. The summed E-state index contributed by atoms with van der Waals surface area (Å²) in [5.41, 5.74) is 6.19. The average Bonchev–Trinajstić information content (AvgIpc) is 3.66. The SMILES string of the molecule is CCOc1cc(/C=N/NC(=O)c2ccc(COc3ccc(-n4c(C)ccc4C)cc3)o2)c(Br)c(Br)c1Oc1ccc([N+](=O)[O-])cn1. The van der Waals surface area contributed by atoms with Gasteiger partial charge in [-0.3, -0.25) is 14.9 Å². The highest BCUT2D eigenvalue weighted by molar-refractivity contribution is 9.13. The van der Waals surface area contributed by atoms with Gasteiger partial charge >= 0.3 is 5.91 Å². The van der Waals surface area contributed by atoms with E-state index in [9.17, 15) is 14.9 Å². The molecule has 0 saturated heterocycles. The third kappa shape index (κ3) is 7.46. The molecule has 1 N–H and O–H groups in total. The first-order valence-electron chi connectivity index (χ1n) is 13.9. The van der Waals surface area contributed by atoms with Crippen molar-refractivity contribution in [3.05, 3.63) is 120 Å². The second-order valence-electron chi connectivity index (χ2n) is 9.77. The Morgan fingerprint density at radius 1 is 1.04 bits per heavy atom. The first-order chi connectivity index (χ1) is 22.1. The van der Waals surface area contributed by atoms with Crippen LogP contribution in [0, 0.1) is 24.0 Å². The quantitative estimate of drug-likeness (QED) is 0.0766. The van der Waals surface area contributed by atoms with Gasteiger partial charge in [0, 0.05) is 39.2 Å². The monoisotopic (exact) mass is 751 g/mol. The van der Waals surface area contributed by atoms with Gasteiger partial charge in [0.25, 0.3) is 5.69 Å². The first-order valence-corrected chi connectivity index (χ1v) is 15.5.